The largest absolute Gasteiger partial charge is 0.433 e. The molecule has 0 fully saturated rings. The van der Waals surface area contributed by atoms with Gasteiger partial charge in [-0.2, -0.15) is 0 Å². The van der Waals surface area contributed by atoms with E-state index < -0.39 is 0 Å². The maximum Gasteiger partial charge on any atom is 0.307 e. The topological polar surface area (TPSA) is 43.4 Å². The summed E-state index contributed by atoms with van der Waals surface area (Å²) in [6.45, 7) is 1.31. The molecule has 0 N–H and O–H groups in total. The Labute approximate surface area is 68.1 Å². The first kappa shape index (κ1) is 8.07. The summed E-state index contributed by atoms with van der Waals surface area (Å²) in [4.78, 5) is 21.5. The van der Waals surface area contributed by atoms with E-state index in [4.69, 9.17) is 0 Å². The fourth-order valence-electron chi connectivity index (χ4n) is 0.539. The molecule has 0 aromatic carbocycles. The van der Waals surface area contributed by atoms with Crippen molar-refractivity contribution in [1.82, 2.24) is 0 Å². The van der Waals surface area contributed by atoms with Gasteiger partial charge in [0.1, 0.15) is 6.26 Å². The molecule has 1 aliphatic heterocycles. The third kappa shape index (κ3) is 2.59. The highest BCUT2D eigenvalue weighted by Crippen LogP contribution is 2.24. The van der Waals surface area contributed by atoms with Gasteiger partial charge >= 0.3 is 5.97 Å². The molecule has 0 unspecified atom stereocenters. The predicted octanol–water partition coefficient (Wildman–Crippen LogP) is 1.22. The molecule has 0 bridgehead atoms. The van der Waals surface area contributed by atoms with E-state index in [1.54, 1.807) is 6.08 Å². The highest BCUT2D eigenvalue weighted by molar-refractivity contribution is 8.17. The molecule has 0 radical (unpaired) electrons. The third-order valence-electron chi connectivity index (χ3n) is 0.943. The number of esters is 1. The van der Waals surface area contributed by atoms with Crippen molar-refractivity contribution in [1.29, 1.82) is 0 Å². The van der Waals surface area contributed by atoms with Gasteiger partial charge in [0, 0.05) is 6.92 Å². The highest BCUT2D eigenvalue weighted by atomic mass is 32.2. The van der Waals surface area contributed by atoms with Crippen molar-refractivity contribution in [3.8, 4) is 0 Å². The molecule has 0 amide bonds. The summed E-state index contributed by atoms with van der Waals surface area (Å²) in [5, 5.41) is -0.0385. The SMILES string of the molecule is CC(=O)O/C=C1/C=CC(=O)S1. The summed E-state index contributed by atoms with van der Waals surface area (Å²) in [5.41, 5.74) is 0. The van der Waals surface area contributed by atoms with Crippen LogP contribution < -0.4 is 0 Å². The van der Waals surface area contributed by atoms with Gasteiger partial charge in [-0.05, 0) is 23.9 Å². The molecule has 0 atom stereocenters. The maximum atomic E-state index is 10.6. The fraction of sp³-hybridized carbons (Fsp3) is 0.143. The average molecular weight is 170 g/mol. The lowest BCUT2D eigenvalue weighted by atomic mass is 10.5. The molecule has 1 rings (SSSR count). The van der Waals surface area contributed by atoms with Crippen LogP contribution in [0.15, 0.2) is 23.3 Å². The second-order valence-corrected chi connectivity index (χ2v) is 2.96. The van der Waals surface area contributed by atoms with Gasteiger partial charge in [0.15, 0.2) is 0 Å². The monoisotopic (exact) mass is 170 g/mol. The van der Waals surface area contributed by atoms with Crippen LogP contribution in [0.3, 0.4) is 0 Å². The number of hydrogen-bond donors (Lipinski definition) is 0. The van der Waals surface area contributed by atoms with Crippen molar-refractivity contribution in [2.24, 2.45) is 0 Å². The Hall–Kier alpha value is -1.03. The first-order valence-electron chi connectivity index (χ1n) is 2.96. The standard InChI is InChI=1S/C7H6O3S/c1-5(8)10-4-6-2-3-7(9)11-6/h2-4H,1H3/b6-4-. The van der Waals surface area contributed by atoms with Crippen LogP contribution in [0.2, 0.25) is 0 Å². The van der Waals surface area contributed by atoms with Crippen molar-refractivity contribution >= 4 is 22.8 Å². The number of ether oxygens (including phenoxy) is 1. The summed E-state index contributed by atoms with van der Waals surface area (Å²) in [6.07, 6.45) is 4.31. The summed E-state index contributed by atoms with van der Waals surface area (Å²) in [5.74, 6) is -0.383. The van der Waals surface area contributed by atoms with Gasteiger partial charge in [0.05, 0.1) is 4.91 Å². The van der Waals surface area contributed by atoms with E-state index in [0.717, 1.165) is 11.8 Å². The van der Waals surface area contributed by atoms with Crippen LogP contribution in [0.5, 0.6) is 0 Å². The quantitative estimate of drug-likeness (QED) is 0.438. The Kier molecular flexibility index (Phi) is 2.48. The first-order valence-corrected chi connectivity index (χ1v) is 3.77. The molecule has 0 aromatic rings. The summed E-state index contributed by atoms with van der Waals surface area (Å²) in [6, 6.07) is 0. The van der Waals surface area contributed by atoms with Crippen LogP contribution >= 0.6 is 11.8 Å². The molecule has 58 valence electrons. The second-order valence-electron chi connectivity index (χ2n) is 1.88. The lowest BCUT2D eigenvalue weighted by Crippen LogP contribution is -1.90. The van der Waals surface area contributed by atoms with Crippen molar-refractivity contribution in [3.05, 3.63) is 23.3 Å². The van der Waals surface area contributed by atoms with Crippen LogP contribution in [0.25, 0.3) is 0 Å². The minimum Gasteiger partial charge on any atom is -0.433 e. The van der Waals surface area contributed by atoms with E-state index in [-0.39, 0.29) is 11.1 Å². The maximum absolute atomic E-state index is 10.6. The van der Waals surface area contributed by atoms with E-state index in [9.17, 15) is 9.59 Å². The Morgan fingerprint density at radius 2 is 2.36 bits per heavy atom. The van der Waals surface area contributed by atoms with E-state index in [1.165, 1.54) is 19.3 Å². The number of hydrogen-bond acceptors (Lipinski definition) is 4. The van der Waals surface area contributed by atoms with E-state index in [1.807, 2.05) is 0 Å². The molecule has 0 aliphatic carbocycles. The van der Waals surface area contributed by atoms with E-state index >= 15 is 0 Å². The molecular formula is C7H6O3S. The highest BCUT2D eigenvalue weighted by Gasteiger charge is 2.09. The Balaban J connectivity index is 2.50. The molecule has 4 heteroatoms. The van der Waals surface area contributed by atoms with Crippen LogP contribution in [-0.4, -0.2) is 11.1 Å². The number of carbonyl (C=O) groups is 2. The zero-order valence-electron chi connectivity index (χ0n) is 5.87. The lowest BCUT2D eigenvalue weighted by Gasteiger charge is -1.92. The van der Waals surface area contributed by atoms with E-state index in [2.05, 4.69) is 4.74 Å². The minimum absolute atomic E-state index is 0.0385. The molecule has 11 heavy (non-hydrogen) atoms. The van der Waals surface area contributed by atoms with Crippen LogP contribution in [-0.2, 0) is 14.3 Å². The molecule has 1 aliphatic rings. The normalized spacial score (nSPS) is 19.4. The average Bonchev–Trinajstić information content (AvgIpc) is 2.31. The van der Waals surface area contributed by atoms with Crippen molar-refractivity contribution in [2.45, 2.75) is 6.92 Å². The van der Waals surface area contributed by atoms with Crippen molar-refractivity contribution < 1.29 is 14.3 Å². The van der Waals surface area contributed by atoms with Gasteiger partial charge in [0.25, 0.3) is 0 Å². The molecule has 0 spiro atoms. The molecule has 3 nitrogen and oxygen atoms in total. The number of rotatable bonds is 1. The Morgan fingerprint density at radius 3 is 2.82 bits per heavy atom. The molecule has 0 saturated heterocycles. The summed E-state index contributed by atoms with van der Waals surface area (Å²) >= 11 is 1.04. The third-order valence-corrected chi connectivity index (χ3v) is 1.75. The number of thioether (sulfide) groups is 1. The van der Waals surface area contributed by atoms with Crippen LogP contribution in [0.1, 0.15) is 6.92 Å². The number of allylic oxidation sites excluding steroid dienone is 1. The van der Waals surface area contributed by atoms with Gasteiger partial charge in [-0.15, -0.1) is 0 Å². The zero-order valence-corrected chi connectivity index (χ0v) is 6.68. The minimum atomic E-state index is -0.383. The van der Waals surface area contributed by atoms with Gasteiger partial charge in [-0.25, -0.2) is 0 Å². The van der Waals surface area contributed by atoms with Gasteiger partial charge in [-0.1, -0.05) is 0 Å². The van der Waals surface area contributed by atoms with Crippen molar-refractivity contribution in [2.75, 3.05) is 0 Å². The predicted molar refractivity (Wildman–Crippen MR) is 41.6 cm³/mol. The van der Waals surface area contributed by atoms with Gasteiger partial charge < -0.3 is 4.74 Å². The summed E-state index contributed by atoms with van der Waals surface area (Å²) in [7, 11) is 0. The fourth-order valence-corrected chi connectivity index (χ4v) is 1.14. The number of carbonyl (C=O) groups excluding carboxylic acids is 2. The van der Waals surface area contributed by atoms with E-state index in [0.29, 0.717) is 4.91 Å². The Bertz CT molecular complexity index is 252. The molecule has 1 heterocycles. The molecule has 0 aromatic heterocycles. The smallest absolute Gasteiger partial charge is 0.307 e. The van der Waals surface area contributed by atoms with Gasteiger partial charge in [0.2, 0.25) is 5.12 Å². The van der Waals surface area contributed by atoms with Crippen molar-refractivity contribution in [3.63, 3.8) is 0 Å². The lowest BCUT2D eigenvalue weighted by molar-refractivity contribution is -0.135. The van der Waals surface area contributed by atoms with Crippen LogP contribution in [0.4, 0.5) is 0 Å². The molecule has 0 saturated carbocycles. The summed E-state index contributed by atoms with van der Waals surface area (Å²) < 4.78 is 4.55. The first-order chi connectivity index (χ1) is 5.18. The van der Waals surface area contributed by atoms with Crippen LogP contribution in [0, 0.1) is 0 Å². The Morgan fingerprint density at radius 1 is 1.64 bits per heavy atom. The zero-order chi connectivity index (χ0) is 8.27. The molecular weight excluding hydrogens is 164 g/mol. The second kappa shape index (κ2) is 3.39. The van der Waals surface area contributed by atoms with Gasteiger partial charge in [-0.3, -0.25) is 9.59 Å².